The lowest BCUT2D eigenvalue weighted by atomic mass is 10.1. The number of benzene rings is 2. The Labute approximate surface area is 124 Å². The zero-order valence-corrected chi connectivity index (χ0v) is 11.9. The van der Waals surface area contributed by atoms with E-state index >= 15 is 0 Å². The second-order valence-corrected chi connectivity index (χ2v) is 5.02. The number of nitrogens with zero attached hydrogens (tertiary/aromatic N) is 1. The van der Waals surface area contributed by atoms with Crippen LogP contribution in [-0.2, 0) is 11.2 Å². The van der Waals surface area contributed by atoms with Crippen LogP contribution in [0.4, 0.5) is 10.1 Å². The summed E-state index contributed by atoms with van der Waals surface area (Å²) in [6.45, 7) is 0. The Hall–Kier alpha value is -2.19. The van der Waals surface area contributed by atoms with Crippen molar-refractivity contribution in [3.05, 3.63) is 63.9 Å². The van der Waals surface area contributed by atoms with Gasteiger partial charge in [-0.2, -0.15) is 5.26 Å². The zero-order valence-electron chi connectivity index (χ0n) is 10.4. The summed E-state index contributed by atoms with van der Waals surface area (Å²) in [7, 11) is 0. The minimum Gasteiger partial charge on any atom is -0.326 e. The Kier molecular flexibility index (Phi) is 4.49. The third kappa shape index (κ3) is 3.65. The van der Waals surface area contributed by atoms with Crippen molar-refractivity contribution < 1.29 is 9.18 Å². The van der Waals surface area contributed by atoms with Gasteiger partial charge in [-0.05, 0) is 51.8 Å². The van der Waals surface area contributed by atoms with Crippen molar-refractivity contribution >= 4 is 27.5 Å². The van der Waals surface area contributed by atoms with Crippen LogP contribution >= 0.6 is 15.9 Å². The Morgan fingerprint density at radius 3 is 2.55 bits per heavy atom. The number of hydrogen-bond acceptors (Lipinski definition) is 2. The predicted molar refractivity (Wildman–Crippen MR) is 77.6 cm³/mol. The molecule has 0 fully saturated rings. The maximum absolute atomic E-state index is 13.1. The van der Waals surface area contributed by atoms with Gasteiger partial charge in [0.05, 0.1) is 22.5 Å². The van der Waals surface area contributed by atoms with Gasteiger partial charge in [0.15, 0.2) is 0 Å². The van der Waals surface area contributed by atoms with Crippen LogP contribution in [0.15, 0.2) is 46.9 Å². The van der Waals surface area contributed by atoms with Crippen LogP contribution in [0, 0.1) is 17.1 Å². The van der Waals surface area contributed by atoms with Gasteiger partial charge in [-0.3, -0.25) is 4.79 Å². The highest BCUT2D eigenvalue weighted by Crippen LogP contribution is 2.20. The number of anilines is 1. The number of rotatable bonds is 3. The molecule has 100 valence electrons. The summed E-state index contributed by atoms with van der Waals surface area (Å²) in [5.74, 6) is -0.580. The number of amides is 1. The summed E-state index contributed by atoms with van der Waals surface area (Å²) in [5, 5.41) is 11.4. The first-order valence-corrected chi connectivity index (χ1v) is 6.62. The van der Waals surface area contributed by atoms with Gasteiger partial charge in [-0.25, -0.2) is 4.39 Å². The van der Waals surface area contributed by atoms with Gasteiger partial charge in [0, 0.05) is 5.69 Å². The van der Waals surface area contributed by atoms with E-state index in [4.69, 9.17) is 5.26 Å². The molecule has 2 rings (SSSR count). The molecule has 0 aromatic heterocycles. The molecular formula is C15H10BrFN2O. The molecule has 5 heteroatoms. The topological polar surface area (TPSA) is 52.9 Å². The fraction of sp³-hybridized carbons (Fsp3) is 0.0667. The third-order valence-electron chi connectivity index (χ3n) is 2.65. The van der Waals surface area contributed by atoms with Gasteiger partial charge in [-0.1, -0.05) is 12.1 Å². The van der Waals surface area contributed by atoms with Gasteiger partial charge in [0.2, 0.25) is 5.91 Å². The number of carbonyl (C=O) groups excluding carboxylic acids is 1. The van der Waals surface area contributed by atoms with E-state index in [1.807, 2.05) is 6.07 Å². The highest BCUT2D eigenvalue weighted by atomic mass is 79.9. The molecule has 1 N–H and O–H groups in total. The first kappa shape index (κ1) is 14.2. The van der Waals surface area contributed by atoms with E-state index in [2.05, 4.69) is 21.2 Å². The number of hydrogen-bond donors (Lipinski definition) is 1. The van der Waals surface area contributed by atoms with Crippen molar-refractivity contribution in [2.75, 3.05) is 5.32 Å². The summed E-state index contributed by atoms with van der Waals surface area (Å²) in [6.07, 6.45) is 0.195. The normalized spacial score (nSPS) is 9.85. The second-order valence-electron chi connectivity index (χ2n) is 4.16. The van der Waals surface area contributed by atoms with Crippen LogP contribution in [0.3, 0.4) is 0 Å². The van der Waals surface area contributed by atoms with Gasteiger partial charge < -0.3 is 5.32 Å². The maximum atomic E-state index is 13.1. The number of halogens is 2. The maximum Gasteiger partial charge on any atom is 0.228 e. The summed E-state index contributed by atoms with van der Waals surface area (Å²) in [5.41, 5.74) is 1.89. The molecule has 0 atom stereocenters. The molecule has 0 unspecified atom stereocenters. The lowest BCUT2D eigenvalue weighted by Gasteiger charge is -2.06. The lowest BCUT2D eigenvalue weighted by Crippen LogP contribution is -2.14. The average molecular weight is 333 g/mol. The van der Waals surface area contributed by atoms with Crippen molar-refractivity contribution in [3.63, 3.8) is 0 Å². The van der Waals surface area contributed by atoms with Gasteiger partial charge in [0.1, 0.15) is 5.82 Å². The van der Waals surface area contributed by atoms with E-state index in [0.29, 0.717) is 15.7 Å². The molecule has 0 aliphatic carbocycles. The Morgan fingerprint density at radius 2 is 1.95 bits per heavy atom. The molecule has 20 heavy (non-hydrogen) atoms. The van der Waals surface area contributed by atoms with Gasteiger partial charge >= 0.3 is 0 Å². The average Bonchev–Trinajstić information content (AvgIpc) is 2.44. The van der Waals surface area contributed by atoms with Gasteiger partial charge in [0.25, 0.3) is 0 Å². The quantitative estimate of drug-likeness (QED) is 0.932. The minimum atomic E-state index is -0.380. The van der Waals surface area contributed by atoms with Crippen LogP contribution in [0.5, 0.6) is 0 Å². The molecular weight excluding hydrogens is 323 g/mol. The second kappa shape index (κ2) is 6.31. The van der Waals surface area contributed by atoms with Crippen molar-refractivity contribution in [2.24, 2.45) is 0 Å². The van der Waals surface area contributed by atoms with E-state index in [1.165, 1.54) is 18.2 Å². The standard InChI is InChI=1S/C15H10BrFN2O/c16-13-8-12(5-6-14(13)17)19-15(20)7-10-1-3-11(9-18)4-2-10/h1-6,8H,7H2,(H,19,20). The van der Waals surface area contributed by atoms with E-state index in [-0.39, 0.29) is 18.1 Å². The summed E-state index contributed by atoms with van der Waals surface area (Å²) >= 11 is 3.06. The fourth-order valence-corrected chi connectivity index (χ4v) is 2.04. The van der Waals surface area contributed by atoms with Crippen molar-refractivity contribution in [3.8, 4) is 6.07 Å². The SMILES string of the molecule is N#Cc1ccc(CC(=O)Nc2ccc(F)c(Br)c2)cc1. The zero-order chi connectivity index (χ0) is 14.5. The highest BCUT2D eigenvalue weighted by Gasteiger charge is 2.06. The lowest BCUT2D eigenvalue weighted by molar-refractivity contribution is -0.115. The molecule has 0 saturated heterocycles. The molecule has 0 radical (unpaired) electrons. The van der Waals surface area contributed by atoms with E-state index < -0.39 is 0 Å². The smallest absolute Gasteiger partial charge is 0.228 e. The van der Waals surface area contributed by atoms with Crippen LogP contribution in [0.1, 0.15) is 11.1 Å². The first-order chi connectivity index (χ1) is 9.58. The molecule has 0 aliphatic heterocycles. The molecule has 0 saturated carbocycles. The molecule has 0 aliphatic rings. The number of nitrogens with one attached hydrogen (secondary N) is 1. The fourth-order valence-electron chi connectivity index (χ4n) is 1.66. The molecule has 2 aromatic carbocycles. The summed E-state index contributed by atoms with van der Waals surface area (Å²) < 4.78 is 13.4. The van der Waals surface area contributed by atoms with E-state index in [0.717, 1.165) is 5.56 Å². The Morgan fingerprint density at radius 1 is 1.25 bits per heavy atom. The summed E-state index contributed by atoms with van der Waals surface area (Å²) in [6, 6.07) is 13.1. The van der Waals surface area contributed by atoms with Crippen molar-refractivity contribution in [1.29, 1.82) is 5.26 Å². The van der Waals surface area contributed by atoms with Crippen molar-refractivity contribution in [1.82, 2.24) is 0 Å². The highest BCUT2D eigenvalue weighted by molar-refractivity contribution is 9.10. The molecule has 0 heterocycles. The molecule has 2 aromatic rings. The monoisotopic (exact) mass is 332 g/mol. The molecule has 1 amide bonds. The predicted octanol–water partition coefficient (Wildman–Crippen LogP) is 3.64. The van der Waals surface area contributed by atoms with Crippen molar-refractivity contribution in [2.45, 2.75) is 6.42 Å². The third-order valence-corrected chi connectivity index (χ3v) is 3.26. The first-order valence-electron chi connectivity index (χ1n) is 5.82. The van der Waals surface area contributed by atoms with Crippen LogP contribution in [0.2, 0.25) is 0 Å². The largest absolute Gasteiger partial charge is 0.326 e. The van der Waals surface area contributed by atoms with Gasteiger partial charge in [-0.15, -0.1) is 0 Å². The van der Waals surface area contributed by atoms with Crippen LogP contribution < -0.4 is 5.32 Å². The summed E-state index contributed by atoms with van der Waals surface area (Å²) in [4.78, 5) is 11.8. The number of nitriles is 1. The Balaban J connectivity index is 2.01. The Bertz CT molecular complexity index is 677. The molecule has 0 bridgehead atoms. The van der Waals surface area contributed by atoms with Crippen LogP contribution in [-0.4, -0.2) is 5.91 Å². The van der Waals surface area contributed by atoms with E-state index in [1.54, 1.807) is 24.3 Å². The molecule has 3 nitrogen and oxygen atoms in total. The minimum absolute atomic E-state index is 0.195. The van der Waals surface area contributed by atoms with E-state index in [9.17, 15) is 9.18 Å². The van der Waals surface area contributed by atoms with Crippen LogP contribution in [0.25, 0.3) is 0 Å². The molecule has 0 spiro atoms. The number of carbonyl (C=O) groups is 1.